The highest BCUT2D eigenvalue weighted by Gasteiger charge is 2.38. The van der Waals surface area contributed by atoms with E-state index >= 15 is 0 Å². The highest BCUT2D eigenvalue weighted by Crippen LogP contribution is 2.28. The normalized spacial score (nSPS) is 14.0. The number of thiol groups is 1. The molecule has 0 aliphatic carbocycles. The summed E-state index contributed by atoms with van der Waals surface area (Å²) in [6, 6.07) is 3.91. The van der Waals surface area contributed by atoms with Crippen molar-refractivity contribution in [3.05, 3.63) is 34.9 Å². The highest BCUT2D eigenvalue weighted by molar-refractivity contribution is 7.80. The molecule has 3 amide bonds. The number of amides is 3. The van der Waals surface area contributed by atoms with Crippen molar-refractivity contribution in [3.8, 4) is 0 Å². The summed E-state index contributed by atoms with van der Waals surface area (Å²) in [6.45, 7) is 15.8. The Hall–Kier alpha value is -2.22. The standard InChI is InChI=1S/C27H45N3O4S/c1-9-11-12-13-28-24(31)23(21-15-18(3)14-19(4)16-21)30(20(5)10-2)25(32)22(17-35)29-26(33)34-27(6,7)8/h14-16,20,22-23,35H,9-13,17H2,1-8H3,(H,28,31)(H,29,33). The topological polar surface area (TPSA) is 87.7 Å². The number of ether oxygens (including phenoxy) is 1. The third-order valence-electron chi connectivity index (χ3n) is 5.66. The summed E-state index contributed by atoms with van der Waals surface area (Å²) in [5.41, 5.74) is 2.07. The van der Waals surface area contributed by atoms with Crippen LogP contribution in [-0.2, 0) is 14.3 Å². The van der Waals surface area contributed by atoms with E-state index in [1.165, 1.54) is 0 Å². The van der Waals surface area contributed by atoms with Crippen LogP contribution in [0.15, 0.2) is 18.2 Å². The number of benzene rings is 1. The van der Waals surface area contributed by atoms with Crippen molar-refractivity contribution < 1.29 is 19.1 Å². The van der Waals surface area contributed by atoms with Gasteiger partial charge in [-0.05, 0) is 59.9 Å². The first-order valence-electron chi connectivity index (χ1n) is 12.6. The summed E-state index contributed by atoms with van der Waals surface area (Å²) in [7, 11) is 0. The highest BCUT2D eigenvalue weighted by atomic mass is 32.1. The SMILES string of the molecule is CCCCCNC(=O)C(c1cc(C)cc(C)c1)N(C(=O)C(CS)NC(=O)OC(C)(C)C)C(C)CC. The third kappa shape index (κ3) is 10.1. The van der Waals surface area contributed by atoms with Gasteiger partial charge in [-0.2, -0.15) is 12.6 Å². The fraction of sp³-hybridized carbons (Fsp3) is 0.667. The molecule has 0 aromatic heterocycles. The summed E-state index contributed by atoms with van der Waals surface area (Å²) >= 11 is 4.33. The molecule has 0 bridgehead atoms. The monoisotopic (exact) mass is 507 g/mol. The summed E-state index contributed by atoms with van der Waals surface area (Å²) in [5.74, 6) is -0.522. The van der Waals surface area contributed by atoms with E-state index in [4.69, 9.17) is 4.74 Å². The zero-order valence-corrected chi connectivity index (χ0v) is 23.6. The van der Waals surface area contributed by atoms with Crippen LogP contribution in [0.3, 0.4) is 0 Å². The Morgan fingerprint density at radius 3 is 2.14 bits per heavy atom. The molecule has 0 spiro atoms. The maximum atomic E-state index is 13.9. The average molecular weight is 508 g/mol. The molecule has 35 heavy (non-hydrogen) atoms. The quantitative estimate of drug-likeness (QED) is 0.271. The minimum absolute atomic E-state index is 0.0721. The molecule has 0 radical (unpaired) electrons. The molecule has 0 saturated heterocycles. The van der Waals surface area contributed by atoms with Crippen LogP contribution in [0.1, 0.15) is 90.0 Å². The molecule has 0 heterocycles. The van der Waals surface area contributed by atoms with Gasteiger partial charge in [-0.25, -0.2) is 4.79 Å². The van der Waals surface area contributed by atoms with Gasteiger partial charge in [0.1, 0.15) is 17.7 Å². The molecule has 1 aromatic rings. The molecule has 2 N–H and O–H groups in total. The molecule has 0 fully saturated rings. The first-order valence-corrected chi connectivity index (χ1v) is 13.3. The number of alkyl carbamates (subject to hydrolysis) is 1. The summed E-state index contributed by atoms with van der Waals surface area (Å²) in [6.07, 6.45) is 2.89. The van der Waals surface area contributed by atoms with Gasteiger partial charge in [0, 0.05) is 18.3 Å². The second-order valence-electron chi connectivity index (χ2n) is 10.2. The van der Waals surface area contributed by atoms with Crippen molar-refractivity contribution in [1.29, 1.82) is 0 Å². The number of carbonyl (C=O) groups excluding carboxylic acids is 3. The molecule has 3 unspecified atom stereocenters. The maximum absolute atomic E-state index is 13.9. The summed E-state index contributed by atoms with van der Waals surface area (Å²) in [5, 5.41) is 5.68. The van der Waals surface area contributed by atoms with Crippen LogP contribution in [-0.4, -0.2) is 52.8 Å². The molecule has 7 nitrogen and oxygen atoms in total. The van der Waals surface area contributed by atoms with E-state index < -0.39 is 23.8 Å². The lowest BCUT2D eigenvalue weighted by Crippen LogP contribution is -2.56. The van der Waals surface area contributed by atoms with Gasteiger partial charge in [-0.15, -0.1) is 0 Å². The lowest BCUT2D eigenvalue weighted by molar-refractivity contribution is -0.144. The molecule has 198 valence electrons. The average Bonchev–Trinajstić information content (AvgIpc) is 2.75. The number of carbonyl (C=O) groups is 3. The van der Waals surface area contributed by atoms with E-state index in [1.54, 1.807) is 25.7 Å². The Bertz CT molecular complexity index is 833. The van der Waals surface area contributed by atoms with Crippen LogP contribution in [0.25, 0.3) is 0 Å². The van der Waals surface area contributed by atoms with Crippen LogP contribution in [0.2, 0.25) is 0 Å². The van der Waals surface area contributed by atoms with Gasteiger partial charge in [-0.3, -0.25) is 9.59 Å². The number of hydrogen-bond acceptors (Lipinski definition) is 5. The summed E-state index contributed by atoms with van der Waals surface area (Å²) in [4.78, 5) is 41.5. The van der Waals surface area contributed by atoms with Crippen LogP contribution >= 0.6 is 12.6 Å². The Kier molecular flexibility index (Phi) is 12.6. The van der Waals surface area contributed by atoms with E-state index in [2.05, 4.69) is 30.2 Å². The van der Waals surface area contributed by atoms with Crippen molar-refractivity contribution in [2.24, 2.45) is 0 Å². The van der Waals surface area contributed by atoms with E-state index in [1.807, 2.05) is 45.9 Å². The lowest BCUT2D eigenvalue weighted by Gasteiger charge is -2.38. The number of hydrogen-bond donors (Lipinski definition) is 3. The number of aryl methyl sites for hydroxylation is 2. The molecular weight excluding hydrogens is 462 g/mol. The van der Waals surface area contributed by atoms with Crippen LogP contribution < -0.4 is 10.6 Å². The van der Waals surface area contributed by atoms with Gasteiger partial charge in [-0.1, -0.05) is 56.0 Å². The molecule has 0 aliphatic heterocycles. The minimum atomic E-state index is -0.941. The van der Waals surface area contributed by atoms with Crippen molar-refractivity contribution in [2.75, 3.05) is 12.3 Å². The van der Waals surface area contributed by atoms with Gasteiger partial charge in [0.2, 0.25) is 11.8 Å². The summed E-state index contributed by atoms with van der Waals surface area (Å²) < 4.78 is 5.35. The predicted octanol–water partition coefficient (Wildman–Crippen LogP) is 5.10. The van der Waals surface area contributed by atoms with Crippen molar-refractivity contribution in [2.45, 2.75) is 105 Å². The maximum Gasteiger partial charge on any atom is 0.408 e. The molecule has 1 rings (SSSR count). The van der Waals surface area contributed by atoms with E-state index in [0.717, 1.165) is 36.0 Å². The van der Waals surface area contributed by atoms with E-state index in [9.17, 15) is 14.4 Å². The fourth-order valence-electron chi connectivity index (χ4n) is 3.90. The molecule has 3 atom stereocenters. The van der Waals surface area contributed by atoms with E-state index in [-0.39, 0.29) is 23.6 Å². The Balaban J connectivity index is 3.42. The van der Waals surface area contributed by atoms with Gasteiger partial charge >= 0.3 is 6.09 Å². The number of nitrogens with zero attached hydrogens (tertiary/aromatic N) is 1. The smallest absolute Gasteiger partial charge is 0.408 e. The largest absolute Gasteiger partial charge is 0.444 e. The van der Waals surface area contributed by atoms with Crippen LogP contribution in [0.4, 0.5) is 4.79 Å². The Morgan fingerprint density at radius 2 is 1.66 bits per heavy atom. The number of unbranched alkanes of at least 4 members (excludes halogenated alkanes) is 2. The number of nitrogens with one attached hydrogen (secondary N) is 2. The first-order chi connectivity index (χ1) is 16.3. The molecule has 0 aliphatic rings. The fourth-order valence-corrected chi connectivity index (χ4v) is 4.15. The lowest BCUT2D eigenvalue weighted by atomic mass is 9.96. The van der Waals surface area contributed by atoms with Gasteiger partial charge in [0.15, 0.2) is 0 Å². The number of rotatable bonds is 12. The molecule has 8 heteroatoms. The van der Waals surface area contributed by atoms with E-state index in [0.29, 0.717) is 13.0 Å². The van der Waals surface area contributed by atoms with Crippen molar-refractivity contribution >= 4 is 30.5 Å². The Labute approximate surface area is 217 Å². The van der Waals surface area contributed by atoms with Gasteiger partial charge in [0.05, 0.1) is 0 Å². The molecular formula is C27H45N3O4S. The second-order valence-corrected chi connectivity index (χ2v) is 10.6. The minimum Gasteiger partial charge on any atom is -0.444 e. The second kappa shape index (κ2) is 14.4. The zero-order valence-electron chi connectivity index (χ0n) is 22.7. The Morgan fingerprint density at radius 1 is 1.06 bits per heavy atom. The third-order valence-corrected chi connectivity index (χ3v) is 6.02. The molecule has 0 saturated carbocycles. The van der Waals surface area contributed by atoms with Crippen molar-refractivity contribution in [3.63, 3.8) is 0 Å². The van der Waals surface area contributed by atoms with Crippen LogP contribution in [0.5, 0.6) is 0 Å². The zero-order chi connectivity index (χ0) is 26.8. The molecule has 1 aromatic carbocycles. The first kappa shape index (κ1) is 30.8. The predicted molar refractivity (Wildman–Crippen MR) is 145 cm³/mol. The van der Waals surface area contributed by atoms with Crippen molar-refractivity contribution in [1.82, 2.24) is 15.5 Å². The van der Waals surface area contributed by atoms with Crippen LogP contribution in [0, 0.1) is 13.8 Å². The van der Waals surface area contributed by atoms with Gasteiger partial charge in [0.25, 0.3) is 0 Å². The van der Waals surface area contributed by atoms with Gasteiger partial charge < -0.3 is 20.3 Å².